The van der Waals surface area contributed by atoms with Gasteiger partial charge in [-0.15, -0.1) is 0 Å². The van der Waals surface area contributed by atoms with Crippen LogP contribution in [-0.4, -0.2) is 30.7 Å². The molecule has 0 radical (unpaired) electrons. The minimum Gasteiger partial charge on any atom is -0.529 e. The molecule has 0 heterocycles. The first-order chi connectivity index (χ1) is 5.69. The maximum Gasteiger partial charge on any atom is 0.289 e. The van der Waals surface area contributed by atoms with Crippen molar-refractivity contribution in [2.75, 3.05) is 0 Å². The van der Waals surface area contributed by atoms with Gasteiger partial charge in [0.1, 0.15) is 0 Å². The third-order valence-electron chi connectivity index (χ3n) is 0.737. The van der Waals surface area contributed by atoms with Gasteiger partial charge in [0.2, 0.25) is 18.8 Å². The average molecular weight is 222 g/mol. The van der Waals surface area contributed by atoms with Gasteiger partial charge in [0, 0.05) is 13.8 Å². The van der Waals surface area contributed by atoms with Crippen molar-refractivity contribution < 1.29 is 18.4 Å². The molecule has 0 N–H and O–H groups in total. The van der Waals surface area contributed by atoms with Gasteiger partial charge in [-0.3, -0.25) is 9.59 Å². The predicted molar refractivity (Wildman–Crippen MR) is 56.8 cm³/mol. The highest BCUT2D eigenvalue weighted by Gasteiger charge is 2.16. The Balaban J connectivity index is 0. The molecule has 0 aromatic rings. The van der Waals surface area contributed by atoms with Crippen molar-refractivity contribution in [1.82, 2.24) is 0 Å². The van der Waals surface area contributed by atoms with Crippen LogP contribution in [0.4, 0.5) is 0 Å². The smallest absolute Gasteiger partial charge is 0.289 e. The maximum absolute atomic E-state index is 10.3. The van der Waals surface area contributed by atoms with E-state index in [4.69, 9.17) is 4.43 Å². The molecule has 0 fully saturated rings. The van der Waals surface area contributed by atoms with Crippen molar-refractivity contribution in [1.29, 1.82) is 0 Å². The third-order valence-corrected chi connectivity index (χ3v) is 2.21. The summed E-state index contributed by atoms with van der Waals surface area (Å²) in [4.78, 5) is 19.9. The van der Waals surface area contributed by atoms with Gasteiger partial charge in [0.25, 0.3) is 11.9 Å². The van der Waals surface area contributed by atoms with E-state index in [1.807, 2.05) is 19.6 Å². The average Bonchev–Trinajstić information content (AvgIpc) is 1.83. The molecule has 6 heteroatoms. The van der Waals surface area contributed by atoms with Gasteiger partial charge >= 0.3 is 0 Å². The summed E-state index contributed by atoms with van der Waals surface area (Å²) in [5.74, 6) is -0.346. The molecule has 0 aliphatic carbocycles. The Bertz CT molecular complexity index is 174. The van der Waals surface area contributed by atoms with Crippen LogP contribution in [0.15, 0.2) is 0 Å². The Kier molecular flexibility index (Phi) is 7.83. The van der Waals surface area contributed by atoms with Gasteiger partial charge in [0.05, 0.1) is 0 Å². The molecule has 13 heavy (non-hydrogen) atoms. The van der Waals surface area contributed by atoms with Crippen LogP contribution in [0, 0.1) is 0 Å². The second-order valence-corrected chi connectivity index (χ2v) is 8.24. The maximum atomic E-state index is 10.3. The van der Waals surface area contributed by atoms with Crippen LogP contribution >= 0.6 is 0 Å². The first-order valence-corrected chi connectivity index (χ1v) is 8.15. The first kappa shape index (κ1) is 14.9. The van der Waals surface area contributed by atoms with E-state index in [-0.39, 0.29) is 11.9 Å². The van der Waals surface area contributed by atoms with Crippen molar-refractivity contribution >= 4 is 30.7 Å². The monoisotopic (exact) mass is 222 g/mol. The number of rotatable bonds is 1. The molecule has 0 aliphatic heterocycles. The lowest BCUT2D eigenvalue weighted by molar-refractivity contribution is -0.133. The molecule has 0 aromatic heterocycles. The van der Waals surface area contributed by atoms with E-state index in [1.54, 1.807) is 0 Å². The van der Waals surface area contributed by atoms with Crippen LogP contribution in [0.3, 0.4) is 0 Å². The van der Waals surface area contributed by atoms with E-state index < -0.39 is 8.32 Å². The van der Waals surface area contributed by atoms with Gasteiger partial charge in [0.15, 0.2) is 0 Å². The summed E-state index contributed by atoms with van der Waals surface area (Å²) in [7, 11) is -1.05. The highest BCUT2D eigenvalue weighted by Crippen LogP contribution is 2.01. The van der Waals surface area contributed by atoms with Gasteiger partial charge in [-0.1, -0.05) is 0 Å². The highest BCUT2D eigenvalue weighted by molar-refractivity contribution is 6.71. The predicted octanol–water partition coefficient (Wildman–Crippen LogP) is 0.214. The normalized spacial score (nSPS) is 9.62. The fourth-order valence-corrected chi connectivity index (χ4v) is 1.29. The third kappa shape index (κ3) is 24.6. The van der Waals surface area contributed by atoms with Crippen molar-refractivity contribution in [2.24, 2.45) is 0 Å². The Labute approximate surface area is 83.3 Å². The van der Waals surface area contributed by atoms with E-state index in [1.165, 1.54) is 13.8 Å². The Morgan fingerprint density at radius 1 is 1.08 bits per heavy atom. The molecule has 0 aromatic carbocycles. The van der Waals surface area contributed by atoms with Gasteiger partial charge in [-0.2, -0.15) is 0 Å². The number of carbonyl (C=O) groups is 2. The zero-order chi connectivity index (χ0) is 11.1. The highest BCUT2D eigenvalue weighted by atomic mass is 28.4. The van der Waals surface area contributed by atoms with Gasteiger partial charge in [-0.05, 0) is 19.6 Å². The first-order valence-electron chi connectivity index (χ1n) is 3.93. The van der Waals surface area contributed by atoms with E-state index in [2.05, 4.69) is 4.43 Å². The fourth-order valence-electron chi connectivity index (χ4n) is 0.431. The van der Waals surface area contributed by atoms with Crippen LogP contribution in [0.5, 0.6) is 0 Å². The van der Waals surface area contributed by atoms with Crippen LogP contribution in [0.25, 0.3) is 0 Å². The van der Waals surface area contributed by atoms with Crippen LogP contribution in [0.2, 0.25) is 19.6 Å². The van der Waals surface area contributed by atoms with Gasteiger partial charge in [-0.25, -0.2) is 0 Å². The van der Waals surface area contributed by atoms with Crippen LogP contribution in [-0.2, 0) is 18.4 Å². The van der Waals surface area contributed by atoms with E-state index in [0.717, 1.165) is 0 Å². The Morgan fingerprint density at radius 2 is 1.38 bits per heavy atom. The lowest BCUT2D eigenvalue weighted by Gasteiger charge is -2.14. The number of hydrogen-bond donors (Lipinski definition) is 0. The molecule has 0 amide bonds. The minimum atomic E-state index is -1.57. The summed E-state index contributed by atoms with van der Waals surface area (Å²) in [5, 5.41) is 0. The topological polar surface area (TPSA) is 52.6 Å². The Hall–Kier alpha value is -0.626. The van der Waals surface area contributed by atoms with Crippen LogP contribution in [0.1, 0.15) is 13.8 Å². The zero-order valence-electron chi connectivity index (χ0n) is 9.13. The lowest BCUT2D eigenvalue weighted by atomic mass is 10.9. The number of hydrogen-bond acceptors (Lipinski definition) is 4. The lowest BCUT2D eigenvalue weighted by Crippen LogP contribution is -2.27. The summed E-state index contributed by atoms with van der Waals surface area (Å²) in [6, 6.07) is 0. The molecule has 0 aliphatic rings. The summed E-state index contributed by atoms with van der Waals surface area (Å²) >= 11 is 0. The standard InChI is InChI=1S/C5H12O2Si.C2H6O2Si/c1-5(6)7-8(2,3)4;1-2(3)4-5/h1-4H3;1,5H3. The minimum absolute atomic E-state index is 0.163. The fraction of sp³-hybridized carbons (Fsp3) is 0.714. The molecule has 4 nitrogen and oxygen atoms in total. The second kappa shape index (κ2) is 6.84. The molecule has 0 saturated carbocycles. The quantitative estimate of drug-likeness (QED) is 0.595. The molecule has 0 atom stereocenters. The molecule has 0 bridgehead atoms. The second-order valence-electron chi connectivity index (χ2n) is 3.40. The van der Waals surface area contributed by atoms with Gasteiger partial charge < -0.3 is 8.85 Å². The van der Waals surface area contributed by atoms with Crippen LogP contribution < -0.4 is 0 Å². The summed E-state index contributed by atoms with van der Waals surface area (Å²) < 4.78 is 9.19. The molecular weight excluding hydrogens is 204 g/mol. The van der Waals surface area contributed by atoms with Crippen molar-refractivity contribution in [3.8, 4) is 0 Å². The van der Waals surface area contributed by atoms with E-state index in [9.17, 15) is 9.59 Å². The molecule has 0 spiro atoms. The molecule has 0 rings (SSSR count). The summed E-state index contributed by atoms with van der Waals surface area (Å²) in [6.07, 6.45) is 0. The SMILES string of the molecule is CC(=O)O[SiH3].CC(=O)O[Si](C)(C)C. The molecule has 0 saturated heterocycles. The van der Waals surface area contributed by atoms with Crippen molar-refractivity contribution in [3.63, 3.8) is 0 Å². The Morgan fingerprint density at radius 3 is 1.38 bits per heavy atom. The van der Waals surface area contributed by atoms with E-state index >= 15 is 0 Å². The largest absolute Gasteiger partial charge is 0.529 e. The molecule has 0 unspecified atom stereocenters. The summed E-state index contributed by atoms with van der Waals surface area (Å²) in [5.41, 5.74) is 0. The van der Waals surface area contributed by atoms with E-state index in [0.29, 0.717) is 10.5 Å². The van der Waals surface area contributed by atoms with Crippen molar-refractivity contribution in [3.05, 3.63) is 0 Å². The molecule has 78 valence electrons. The zero-order valence-corrected chi connectivity index (χ0v) is 12.1. The van der Waals surface area contributed by atoms with Crippen molar-refractivity contribution in [2.45, 2.75) is 33.5 Å². The number of carbonyl (C=O) groups excluding carboxylic acids is 2. The summed E-state index contributed by atoms with van der Waals surface area (Å²) in [6.45, 7) is 8.78. The molecular formula is C7H18O4Si2.